The van der Waals surface area contributed by atoms with E-state index in [1.165, 1.54) is 6.07 Å². The van der Waals surface area contributed by atoms with Crippen molar-refractivity contribution < 1.29 is 4.39 Å². The van der Waals surface area contributed by atoms with Gasteiger partial charge in [-0.05, 0) is 50.0 Å². The van der Waals surface area contributed by atoms with Crippen molar-refractivity contribution in [1.29, 1.82) is 0 Å². The number of aryl methyl sites for hydroxylation is 1. The van der Waals surface area contributed by atoms with E-state index in [-0.39, 0.29) is 10.8 Å². The van der Waals surface area contributed by atoms with Crippen molar-refractivity contribution in [1.82, 2.24) is 5.32 Å². The van der Waals surface area contributed by atoms with Crippen molar-refractivity contribution >= 4 is 11.6 Å². The van der Waals surface area contributed by atoms with Gasteiger partial charge in [0.25, 0.3) is 0 Å². The Balaban J connectivity index is 2.47. The fourth-order valence-corrected chi connectivity index (χ4v) is 1.76. The predicted octanol–water partition coefficient (Wildman–Crippen LogP) is 3.27. The number of benzene rings is 1. The number of halogens is 2. The number of hydrogen-bond donors (Lipinski definition) is 1. The van der Waals surface area contributed by atoms with Gasteiger partial charge in [0.05, 0.1) is 5.02 Å². The van der Waals surface area contributed by atoms with E-state index in [1.54, 1.807) is 12.1 Å². The van der Waals surface area contributed by atoms with E-state index < -0.39 is 0 Å². The third kappa shape index (κ3) is 4.18. The summed E-state index contributed by atoms with van der Waals surface area (Å²) in [7, 11) is 1.95. The van der Waals surface area contributed by atoms with Gasteiger partial charge in [-0.15, -0.1) is 0 Å². The van der Waals surface area contributed by atoms with E-state index in [0.717, 1.165) is 24.9 Å². The molecule has 1 atom stereocenters. The lowest BCUT2D eigenvalue weighted by Crippen LogP contribution is -2.16. The van der Waals surface area contributed by atoms with Crippen LogP contribution in [0.3, 0.4) is 0 Å². The highest BCUT2D eigenvalue weighted by Crippen LogP contribution is 2.18. The minimum atomic E-state index is -0.344. The lowest BCUT2D eigenvalue weighted by atomic mass is 10.0. The summed E-state index contributed by atoms with van der Waals surface area (Å²) in [5.74, 6) is 0.280. The van der Waals surface area contributed by atoms with Crippen LogP contribution in [0.1, 0.15) is 18.9 Å². The van der Waals surface area contributed by atoms with Gasteiger partial charge in [-0.1, -0.05) is 24.6 Å². The molecule has 0 heterocycles. The summed E-state index contributed by atoms with van der Waals surface area (Å²) in [6, 6.07) is 4.94. The molecule has 0 aliphatic heterocycles. The maximum Gasteiger partial charge on any atom is 0.141 e. The van der Waals surface area contributed by atoms with Crippen molar-refractivity contribution in [3.63, 3.8) is 0 Å². The Labute approximate surface area is 95.6 Å². The van der Waals surface area contributed by atoms with E-state index in [0.29, 0.717) is 5.92 Å². The average molecular weight is 230 g/mol. The van der Waals surface area contributed by atoms with Crippen molar-refractivity contribution in [3.05, 3.63) is 34.6 Å². The van der Waals surface area contributed by atoms with Crippen LogP contribution in [0.25, 0.3) is 0 Å². The van der Waals surface area contributed by atoms with Crippen LogP contribution in [0.15, 0.2) is 18.2 Å². The molecule has 1 N–H and O–H groups in total. The van der Waals surface area contributed by atoms with Gasteiger partial charge in [0.15, 0.2) is 0 Å². The third-order valence-corrected chi connectivity index (χ3v) is 2.75. The molecule has 1 aromatic carbocycles. The maximum atomic E-state index is 12.9. The smallest absolute Gasteiger partial charge is 0.141 e. The van der Waals surface area contributed by atoms with E-state index in [1.807, 2.05) is 7.05 Å². The topological polar surface area (TPSA) is 12.0 Å². The van der Waals surface area contributed by atoms with Gasteiger partial charge in [0.2, 0.25) is 0 Å². The van der Waals surface area contributed by atoms with Crippen LogP contribution in [-0.4, -0.2) is 13.6 Å². The van der Waals surface area contributed by atoms with Gasteiger partial charge in [-0.2, -0.15) is 0 Å². The Morgan fingerprint density at radius 3 is 2.80 bits per heavy atom. The summed E-state index contributed by atoms with van der Waals surface area (Å²) >= 11 is 5.70. The van der Waals surface area contributed by atoms with Crippen molar-refractivity contribution in [2.24, 2.45) is 5.92 Å². The molecule has 0 fully saturated rings. The molecular formula is C12H17ClFN. The largest absolute Gasteiger partial charge is 0.319 e. The monoisotopic (exact) mass is 229 g/mol. The van der Waals surface area contributed by atoms with Gasteiger partial charge < -0.3 is 5.32 Å². The summed E-state index contributed by atoms with van der Waals surface area (Å²) in [5, 5.41) is 3.35. The molecule has 0 spiro atoms. The molecule has 0 aliphatic carbocycles. The van der Waals surface area contributed by atoms with Crippen LogP contribution >= 0.6 is 11.6 Å². The van der Waals surface area contributed by atoms with Gasteiger partial charge in [0.1, 0.15) is 5.82 Å². The van der Waals surface area contributed by atoms with E-state index in [9.17, 15) is 4.39 Å². The molecular weight excluding hydrogens is 213 g/mol. The first-order valence-electron chi connectivity index (χ1n) is 5.22. The zero-order valence-corrected chi connectivity index (χ0v) is 9.94. The molecule has 0 aliphatic rings. The number of hydrogen-bond acceptors (Lipinski definition) is 1. The molecule has 1 unspecified atom stereocenters. The summed E-state index contributed by atoms with van der Waals surface area (Å²) in [6.07, 6.45) is 2.03. The quantitative estimate of drug-likeness (QED) is 0.817. The Bertz CT molecular complexity index is 314. The standard InChI is InChI=1S/C12H17ClFN/c1-9(8-15-2)3-4-10-5-6-12(14)11(13)7-10/h5-7,9,15H,3-4,8H2,1-2H3. The minimum absolute atomic E-state index is 0.216. The Morgan fingerprint density at radius 2 is 2.20 bits per heavy atom. The minimum Gasteiger partial charge on any atom is -0.319 e. The van der Waals surface area contributed by atoms with Gasteiger partial charge in [-0.3, -0.25) is 0 Å². The molecule has 0 radical (unpaired) electrons. The Kier molecular flexibility index (Phi) is 5.06. The fraction of sp³-hybridized carbons (Fsp3) is 0.500. The van der Waals surface area contributed by atoms with Gasteiger partial charge in [0, 0.05) is 0 Å². The molecule has 0 bridgehead atoms. The number of nitrogens with one attached hydrogen (secondary N) is 1. The second-order valence-electron chi connectivity index (χ2n) is 3.95. The molecule has 0 saturated heterocycles. The number of rotatable bonds is 5. The van der Waals surface area contributed by atoms with E-state index in [2.05, 4.69) is 12.2 Å². The van der Waals surface area contributed by atoms with Crippen LogP contribution in [0.5, 0.6) is 0 Å². The van der Waals surface area contributed by atoms with Crippen LogP contribution in [0.4, 0.5) is 4.39 Å². The molecule has 0 amide bonds. The highest BCUT2D eigenvalue weighted by molar-refractivity contribution is 6.30. The second kappa shape index (κ2) is 6.09. The van der Waals surface area contributed by atoms with E-state index >= 15 is 0 Å². The molecule has 15 heavy (non-hydrogen) atoms. The lowest BCUT2D eigenvalue weighted by molar-refractivity contribution is 0.504. The second-order valence-corrected chi connectivity index (χ2v) is 4.36. The first kappa shape index (κ1) is 12.5. The van der Waals surface area contributed by atoms with Gasteiger partial charge in [-0.25, -0.2) is 4.39 Å². The highest BCUT2D eigenvalue weighted by Gasteiger charge is 2.04. The normalized spacial score (nSPS) is 12.8. The molecule has 3 heteroatoms. The Hall–Kier alpha value is -0.600. The average Bonchev–Trinajstić information content (AvgIpc) is 2.20. The summed E-state index contributed by atoms with van der Waals surface area (Å²) in [6.45, 7) is 3.20. The third-order valence-electron chi connectivity index (χ3n) is 2.46. The summed E-state index contributed by atoms with van der Waals surface area (Å²) < 4.78 is 12.9. The SMILES string of the molecule is CNCC(C)CCc1ccc(F)c(Cl)c1. The maximum absolute atomic E-state index is 12.9. The molecule has 1 nitrogen and oxygen atoms in total. The zero-order valence-electron chi connectivity index (χ0n) is 9.19. The van der Waals surface area contributed by atoms with Crippen LogP contribution in [0, 0.1) is 11.7 Å². The van der Waals surface area contributed by atoms with Crippen LogP contribution < -0.4 is 5.32 Å². The predicted molar refractivity (Wildman–Crippen MR) is 62.8 cm³/mol. The van der Waals surface area contributed by atoms with Gasteiger partial charge >= 0.3 is 0 Å². The van der Waals surface area contributed by atoms with Crippen molar-refractivity contribution in [2.45, 2.75) is 19.8 Å². The Morgan fingerprint density at radius 1 is 1.47 bits per heavy atom. The highest BCUT2D eigenvalue weighted by atomic mass is 35.5. The summed E-state index contributed by atoms with van der Waals surface area (Å²) in [4.78, 5) is 0. The van der Waals surface area contributed by atoms with E-state index in [4.69, 9.17) is 11.6 Å². The van der Waals surface area contributed by atoms with Crippen LogP contribution in [-0.2, 0) is 6.42 Å². The molecule has 84 valence electrons. The molecule has 0 aromatic heterocycles. The molecule has 0 saturated carbocycles. The molecule has 1 rings (SSSR count). The first-order chi connectivity index (χ1) is 7.13. The summed E-state index contributed by atoms with van der Waals surface area (Å²) in [5.41, 5.74) is 1.10. The fourth-order valence-electron chi connectivity index (χ4n) is 1.56. The van der Waals surface area contributed by atoms with Crippen molar-refractivity contribution in [2.75, 3.05) is 13.6 Å². The van der Waals surface area contributed by atoms with Crippen LogP contribution in [0.2, 0.25) is 5.02 Å². The first-order valence-corrected chi connectivity index (χ1v) is 5.59. The lowest BCUT2D eigenvalue weighted by Gasteiger charge is -2.10. The molecule has 1 aromatic rings. The zero-order chi connectivity index (χ0) is 11.3. The van der Waals surface area contributed by atoms with Crippen molar-refractivity contribution in [3.8, 4) is 0 Å².